The number of nitrogens with one attached hydrogen (secondary N) is 1. The number of carbonyl (C=O) groups is 3. The van der Waals surface area contributed by atoms with Crippen LogP contribution < -0.4 is 10.2 Å². The topological polar surface area (TPSA) is 75.7 Å². The molecule has 0 spiro atoms. The molecule has 0 radical (unpaired) electrons. The molecular formula is C29H26N2O4. The molecule has 6 rings (SSSR count). The van der Waals surface area contributed by atoms with E-state index in [1.165, 1.54) is 6.92 Å². The molecule has 3 aromatic rings. The Morgan fingerprint density at radius 2 is 1.60 bits per heavy atom. The van der Waals surface area contributed by atoms with E-state index in [1.807, 2.05) is 42.5 Å². The van der Waals surface area contributed by atoms with Gasteiger partial charge in [-0.3, -0.25) is 14.5 Å². The van der Waals surface area contributed by atoms with Crippen LogP contribution >= 0.6 is 0 Å². The van der Waals surface area contributed by atoms with Crippen molar-refractivity contribution in [2.24, 2.45) is 0 Å². The van der Waals surface area contributed by atoms with E-state index in [0.29, 0.717) is 19.3 Å². The Morgan fingerprint density at radius 3 is 2.29 bits per heavy atom. The van der Waals surface area contributed by atoms with Gasteiger partial charge in [0.15, 0.2) is 5.78 Å². The lowest BCUT2D eigenvalue weighted by atomic mass is 9.98. The second-order valence-electron chi connectivity index (χ2n) is 9.52. The molecule has 176 valence electrons. The minimum atomic E-state index is -0.745. The molecule has 0 fully saturated rings. The van der Waals surface area contributed by atoms with Crippen molar-refractivity contribution in [3.63, 3.8) is 0 Å². The Morgan fingerprint density at radius 1 is 0.943 bits per heavy atom. The molecule has 35 heavy (non-hydrogen) atoms. The fraction of sp³-hybridized carbons (Fsp3) is 0.276. The van der Waals surface area contributed by atoms with Crippen LogP contribution in [0.2, 0.25) is 0 Å². The van der Waals surface area contributed by atoms with E-state index >= 15 is 0 Å². The molecule has 0 saturated heterocycles. The van der Waals surface area contributed by atoms with Gasteiger partial charge in [0.1, 0.15) is 12.6 Å². The molecule has 3 aromatic carbocycles. The van der Waals surface area contributed by atoms with Gasteiger partial charge < -0.3 is 10.1 Å². The van der Waals surface area contributed by atoms with Crippen LogP contribution in [0.4, 0.5) is 10.5 Å². The average molecular weight is 467 g/mol. The van der Waals surface area contributed by atoms with E-state index < -0.39 is 18.2 Å². The van der Waals surface area contributed by atoms with Crippen molar-refractivity contribution >= 4 is 23.5 Å². The van der Waals surface area contributed by atoms with Crippen molar-refractivity contribution in [2.75, 3.05) is 11.5 Å². The predicted molar refractivity (Wildman–Crippen MR) is 132 cm³/mol. The first-order chi connectivity index (χ1) is 17.0. The maximum atomic E-state index is 13.5. The summed E-state index contributed by atoms with van der Waals surface area (Å²) in [6, 6.07) is 21.0. The number of para-hydroxylation sites is 1. The summed E-state index contributed by atoms with van der Waals surface area (Å²) >= 11 is 0. The van der Waals surface area contributed by atoms with E-state index in [4.69, 9.17) is 4.74 Å². The van der Waals surface area contributed by atoms with Crippen LogP contribution in [0.25, 0.3) is 11.1 Å². The highest BCUT2D eigenvalue weighted by atomic mass is 16.5. The molecule has 2 heterocycles. The molecule has 3 aliphatic rings. The molecule has 0 aromatic heterocycles. The highest BCUT2D eigenvalue weighted by Crippen LogP contribution is 2.44. The van der Waals surface area contributed by atoms with Gasteiger partial charge in [-0.15, -0.1) is 0 Å². The second kappa shape index (κ2) is 8.38. The van der Waals surface area contributed by atoms with Crippen molar-refractivity contribution in [1.82, 2.24) is 5.32 Å². The largest absolute Gasteiger partial charge is 0.449 e. The number of hydrogen-bond acceptors (Lipinski definition) is 4. The minimum absolute atomic E-state index is 0.0505. The molecule has 6 nitrogen and oxygen atoms in total. The number of nitrogens with zero attached hydrogens (tertiary/aromatic N) is 1. The third-order valence-electron chi connectivity index (χ3n) is 7.51. The Balaban J connectivity index is 1.19. The molecule has 0 unspecified atom stereocenters. The normalized spacial score (nSPS) is 20.0. The summed E-state index contributed by atoms with van der Waals surface area (Å²) in [4.78, 5) is 40.3. The second-order valence-corrected chi connectivity index (χ2v) is 9.52. The van der Waals surface area contributed by atoms with Crippen LogP contribution in [-0.4, -0.2) is 36.5 Å². The fourth-order valence-corrected chi connectivity index (χ4v) is 5.87. The van der Waals surface area contributed by atoms with Crippen LogP contribution in [0, 0.1) is 0 Å². The maximum absolute atomic E-state index is 13.5. The van der Waals surface area contributed by atoms with Crippen LogP contribution in [-0.2, 0) is 27.2 Å². The molecule has 1 aliphatic carbocycles. The number of benzene rings is 3. The first-order valence-corrected chi connectivity index (χ1v) is 12.1. The lowest BCUT2D eigenvalue weighted by Gasteiger charge is -2.27. The van der Waals surface area contributed by atoms with Crippen molar-refractivity contribution in [1.29, 1.82) is 0 Å². The highest BCUT2D eigenvalue weighted by Gasteiger charge is 2.43. The Kier molecular flexibility index (Phi) is 5.17. The molecule has 6 heteroatoms. The van der Waals surface area contributed by atoms with Gasteiger partial charge in [0, 0.05) is 12.3 Å². The number of hydrogen-bond donors (Lipinski definition) is 1. The monoisotopic (exact) mass is 466 g/mol. The minimum Gasteiger partial charge on any atom is -0.449 e. The van der Waals surface area contributed by atoms with Crippen LogP contribution in [0.5, 0.6) is 0 Å². The molecular weight excluding hydrogens is 440 g/mol. The fourth-order valence-electron chi connectivity index (χ4n) is 5.87. The zero-order chi connectivity index (χ0) is 24.1. The number of fused-ring (bicyclic) bond motifs is 3. The number of amides is 2. The quantitative estimate of drug-likeness (QED) is 0.619. The van der Waals surface area contributed by atoms with E-state index in [2.05, 4.69) is 29.6 Å². The van der Waals surface area contributed by atoms with Gasteiger partial charge in [0.05, 0.1) is 11.7 Å². The molecule has 1 N–H and O–H groups in total. The third kappa shape index (κ3) is 3.52. The van der Waals surface area contributed by atoms with E-state index in [1.54, 1.807) is 4.90 Å². The van der Waals surface area contributed by atoms with Crippen molar-refractivity contribution in [3.05, 3.63) is 89.0 Å². The lowest BCUT2D eigenvalue weighted by molar-refractivity contribution is -0.124. The van der Waals surface area contributed by atoms with Gasteiger partial charge in [-0.2, -0.15) is 0 Å². The summed E-state index contributed by atoms with van der Waals surface area (Å²) in [5.41, 5.74) is 7.49. The van der Waals surface area contributed by atoms with Gasteiger partial charge in [-0.1, -0.05) is 66.7 Å². The number of Topliss-reactive ketones (excluding diaryl/α,β-unsaturated/α-hetero) is 1. The lowest BCUT2D eigenvalue weighted by Crippen LogP contribution is -2.52. The predicted octanol–water partition coefficient (Wildman–Crippen LogP) is 4.39. The summed E-state index contributed by atoms with van der Waals surface area (Å²) < 4.78 is 5.68. The number of ketones is 1. The van der Waals surface area contributed by atoms with Crippen molar-refractivity contribution in [3.8, 4) is 11.1 Å². The summed E-state index contributed by atoms with van der Waals surface area (Å²) in [5, 5.41) is 2.80. The van der Waals surface area contributed by atoms with E-state index in [9.17, 15) is 14.4 Å². The smallest absolute Gasteiger partial charge is 0.407 e. The first kappa shape index (κ1) is 21.6. The van der Waals surface area contributed by atoms with Gasteiger partial charge in [-0.25, -0.2) is 4.79 Å². The molecule has 2 aliphatic heterocycles. The van der Waals surface area contributed by atoms with E-state index in [0.717, 1.165) is 39.1 Å². The molecule has 0 saturated carbocycles. The molecule has 0 bridgehead atoms. The summed E-state index contributed by atoms with van der Waals surface area (Å²) in [5.74, 6) is -0.352. The SMILES string of the molecule is CC(=O)[C@@H]1Cc2cccc3c2N1C(=O)[C@@H](NC(=O)OCC1c2ccccc2-c2ccccc21)CC3. The number of anilines is 1. The number of alkyl carbamates (subject to hydrolysis) is 1. The Hall–Kier alpha value is -3.93. The van der Waals surface area contributed by atoms with Crippen molar-refractivity contribution < 1.29 is 19.1 Å². The Labute approximate surface area is 203 Å². The zero-order valence-electron chi connectivity index (χ0n) is 19.5. The molecule has 2 amide bonds. The summed E-state index contributed by atoms with van der Waals surface area (Å²) in [6.07, 6.45) is 1.00. The zero-order valence-corrected chi connectivity index (χ0v) is 19.5. The highest BCUT2D eigenvalue weighted by molar-refractivity contribution is 6.07. The van der Waals surface area contributed by atoms with Crippen LogP contribution in [0.15, 0.2) is 66.7 Å². The van der Waals surface area contributed by atoms with Gasteiger partial charge >= 0.3 is 6.09 Å². The first-order valence-electron chi connectivity index (χ1n) is 12.1. The Bertz CT molecular complexity index is 1320. The van der Waals surface area contributed by atoms with Gasteiger partial charge in [0.2, 0.25) is 5.91 Å². The van der Waals surface area contributed by atoms with Crippen LogP contribution in [0.3, 0.4) is 0 Å². The average Bonchev–Trinajstić information content (AvgIpc) is 3.37. The summed E-state index contributed by atoms with van der Waals surface area (Å²) in [7, 11) is 0. The van der Waals surface area contributed by atoms with Crippen molar-refractivity contribution in [2.45, 2.75) is 44.2 Å². The summed E-state index contributed by atoms with van der Waals surface area (Å²) in [6.45, 7) is 1.70. The third-order valence-corrected chi connectivity index (χ3v) is 7.51. The number of rotatable bonds is 4. The van der Waals surface area contributed by atoms with E-state index in [-0.39, 0.29) is 24.2 Å². The van der Waals surface area contributed by atoms with Gasteiger partial charge in [-0.05, 0) is 53.1 Å². The standard InChI is InChI=1S/C29H26N2O4/c1-17(32)26-15-19-8-6-7-18-13-14-25(28(33)31(26)27(18)19)30-29(34)35-16-24-22-11-4-2-9-20(22)21-10-3-5-12-23(21)24/h2-12,24-26H,13-16H2,1H3,(H,30,34)/t25-,26-/m0/s1. The number of carbonyl (C=O) groups excluding carboxylic acids is 3. The van der Waals surface area contributed by atoms with Gasteiger partial charge in [0.25, 0.3) is 0 Å². The number of ether oxygens (including phenoxy) is 1. The molecule has 2 atom stereocenters. The van der Waals surface area contributed by atoms with Crippen LogP contribution in [0.1, 0.15) is 41.5 Å². The number of aryl methyl sites for hydroxylation is 1. The maximum Gasteiger partial charge on any atom is 0.407 e.